The SMILES string of the molecule is CCCCOC(=O)CC1c2cccc(F)c2CN1S(=O)(=O)C(F)(F)F. The molecule has 1 aliphatic rings. The number of benzene rings is 1. The Bertz CT molecular complexity index is 748. The molecule has 1 atom stereocenters. The normalized spacial score (nSPS) is 18.2. The highest BCUT2D eigenvalue weighted by atomic mass is 32.2. The predicted octanol–water partition coefficient (Wildman–Crippen LogP) is 3.27. The van der Waals surface area contributed by atoms with Gasteiger partial charge in [0.1, 0.15) is 5.82 Å². The highest BCUT2D eigenvalue weighted by molar-refractivity contribution is 7.90. The minimum absolute atomic E-state index is 0.0419. The van der Waals surface area contributed by atoms with Gasteiger partial charge in [0, 0.05) is 12.1 Å². The van der Waals surface area contributed by atoms with E-state index in [0.29, 0.717) is 6.42 Å². The Labute approximate surface area is 142 Å². The monoisotopic (exact) mass is 383 g/mol. The van der Waals surface area contributed by atoms with E-state index in [9.17, 15) is 30.8 Å². The van der Waals surface area contributed by atoms with E-state index >= 15 is 0 Å². The average Bonchev–Trinajstić information content (AvgIpc) is 2.87. The molecule has 0 radical (unpaired) electrons. The van der Waals surface area contributed by atoms with Gasteiger partial charge in [-0.1, -0.05) is 25.5 Å². The zero-order valence-corrected chi connectivity index (χ0v) is 14.2. The number of nitrogens with zero attached hydrogens (tertiary/aromatic N) is 1. The molecule has 25 heavy (non-hydrogen) atoms. The minimum Gasteiger partial charge on any atom is -0.466 e. The van der Waals surface area contributed by atoms with Crippen molar-refractivity contribution < 1.29 is 35.5 Å². The van der Waals surface area contributed by atoms with Gasteiger partial charge in [-0.3, -0.25) is 4.79 Å². The van der Waals surface area contributed by atoms with Crippen LogP contribution < -0.4 is 0 Å². The van der Waals surface area contributed by atoms with Crippen molar-refractivity contribution in [1.82, 2.24) is 4.31 Å². The number of sulfonamides is 1. The first-order valence-electron chi connectivity index (χ1n) is 7.60. The van der Waals surface area contributed by atoms with E-state index in [-0.39, 0.29) is 22.0 Å². The predicted molar refractivity (Wildman–Crippen MR) is 80.1 cm³/mol. The summed E-state index contributed by atoms with van der Waals surface area (Å²) in [6.07, 6.45) is 0.709. The summed E-state index contributed by atoms with van der Waals surface area (Å²) in [6.45, 7) is 1.17. The summed E-state index contributed by atoms with van der Waals surface area (Å²) in [4.78, 5) is 11.9. The third kappa shape index (κ3) is 3.95. The number of carbonyl (C=O) groups is 1. The summed E-state index contributed by atoms with van der Waals surface area (Å²) >= 11 is 0. The Morgan fingerprint density at radius 3 is 2.64 bits per heavy atom. The molecule has 5 nitrogen and oxygen atoms in total. The maximum absolute atomic E-state index is 13.9. The number of ether oxygens (including phenoxy) is 1. The van der Waals surface area contributed by atoms with Crippen molar-refractivity contribution in [2.24, 2.45) is 0 Å². The molecule has 140 valence electrons. The van der Waals surface area contributed by atoms with Gasteiger partial charge in [0.05, 0.1) is 19.1 Å². The number of esters is 1. The van der Waals surface area contributed by atoms with Crippen LogP contribution in [0.25, 0.3) is 0 Å². The van der Waals surface area contributed by atoms with Crippen LogP contribution in [0.3, 0.4) is 0 Å². The van der Waals surface area contributed by atoms with E-state index in [4.69, 9.17) is 4.74 Å². The summed E-state index contributed by atoms with van der Waals surface area (Å²) in [5.41, 5.74) is -5.67. The fraction of sp³-hybridized carbons (Fsp3) is 0.533. The van der Waals surface area contributed by atoms with Gasteiger partial charge in [-0.05, 0) is 18.1 Å². The van der Waals surface area contributed by atoms with E-state index in [0.717, 1.165) is 12.5 Å². The highest BCUT2D eigenvalue weighted by Gasteiger charge is 2.54. The van der Waals surface area contributed by atoms with E-state index in [1.54, 1.807) is 0 Å². The first-order valence-corrected chi connectivity index (χ1v) is 9.04. The summed E-state index contributed by atoms with van der Waals surface area (Å²) in [6, 6.07) is 2.15. The van der Waals surface area contributed by atoms with Gasteiger partial charge in [-0.2, -0.15) is 17.5 Å². The fourth-order valence-electron chi connectivity index (χ4n) is 2.62. The highest BCUT2D eigenvalue weighted by Crippen LogP contribution is 2.43. The topological polar surface area (TPSA) is 63.7 Å². The zero-order valence-electron chi connectivity index (χ0n) is 13.3. The largest absolute Gasteiger partial charge is 0.511 e. The van der Waals surface area contributed by atoms with Crippen LogP contribution in [-0.2, 0) is 26.1 Å². The van der Waals surface area contributed by atoms with Gasteiger partial charge in [-0.25, -0.2) is 12.8 Å². The number of hydrogen-bond donors (Lipinski definition) is 0. The second-order valence-corrected chi connectivity index (χ2v) is 7.48. The van der Waals surface area contributed by atoms with E-state index in [2.05, 4.69) is 0 Å². The molecule has 1 aromatic carbocycles. The Morgan fingerprint density at radius 2 is 2.04 bits per heavy atom. The fourth-order valence-corrected chi connectivity index (χ4v) is 3.71. The molecule has 1 aliphatic heterocycles. The van der Waals surface area contributed by atoms with Crippen LogP contribution >= 0.6 is 0 Å². The number of hydrogen-bond acceptors (Lipinski definition) is 4. The summed E-state index contributed by atoms with van der Waals surface area (Å²) in [5, 5.41) is 0. The van der Waals surface area contributed by atoms with Crippen molar-refractivity contribution in [3.05, 3.63) is 35.1 Å². The molecule has 0 amide bonds. The number of rotatable bonds is 6. The molecule has 0 aliphatic carbocycles. The van der Waals surface area contributed by atoms with Gasteiger partial charge in [0.2, 0.25) is 0 Å². The van der Waals surface area contributed by atoms with Crippen molar-refractivity contribution in [2.45, 2.75) is 44.3 Å². The number of carbonyl (C=O) groups excluding carboxylic acids is 1. The second-order valence-electron chi connectivity index (χ2n) is 5.60. The molecule has 0 spiro atoms. The lowest BCUT2D eigenvalue weighted by atomic mass is 10.0. The van der Waals surface area contributed by atoms with Gasteiger partial charge in [0.25, 0.3) is 0 Å². The van der Waals surface area contributed by atoms with Crippen molar-refractivity contribution in [3.8, 4) is 0 Å². The van der Waals surface area contributed by atoms with Crippen LogP contribution in [0.5, 0.6) is 0 Å². The first kappa shape index (κ1) is 19.6. The molecule has 0 saturated carbocycles. The lowest BCUT2D eigenvalue weighted by molar-refractivity contribution is -0.144. The third-order valence-corrected chi connectivity index (χ3v) is 5.48. The minimum atomic E-state index is -5.72. The van der Waals surface area contributed by atoms with Crippen LogP contribution in [0, 0.1) is 5.82 Å². The standard InChI is InChI=1S/C15H17F4NO4S/c1-2-3-7-24-14(21)8-13-10-5-4-6-12(16)11(10)9-20(13)25(22,23)15(17,18)19/h4-6,13H,2-3,7-9H2,1H3. The molecule has 0 aromatic heterocycles. The maximum Gasteiger partial charge on any atom is 0.511 e. The Balaban J connectivity index is 2.34. The smallest absolute Gasteiger partial charge is 0.466 e. The van der Waals surface area contributed by atoms with E-state index in [1.165, 1.54) is 12.1 Å². The van der Waals surface area contributed by atoms with Gasteiger partial charge in [0.15, 0.2) is 0 Å². The van der Waals surface area contributed by atoms with E-state index < -0.39 is 46.3 Å². The van der Waals surface area contributed by atoms with Crippen molar-refractivity contribution in [3.63, 3.8) is 0 Å². The van der Waals surface area contributed by atoms with Gasteiger partial charge < -0.3 is 4.74 Å². The zero-order chi connectivity index (χ0) is 18.8. The van der Waals surface area contributed by atoms with Crippen LogP contribution in [0.15, 0.2) is 18.2 Å². The molecule has 1 heterocycles. The number of halogens is 4. The van der Waals surface area contributed by atoms with Crippen LogP contribution in [0.1, 0.15) is 43.4 Å². The maximum atomic E-state index is 13.9. The molecular weight excluding hydrogens is 366 g/mol. The number of unbranched alkanes of at least 4 members (excludes halogenated alkanes) is 1. The number of fused-ring (bicyclic) bond motifs is 1. The van der Waals surface area contributed by atoms with Crippen LogP contribution in [0.2, 0.25) is 0 Å². The number of alkyl halides is 3. The third-order valence-electron chi connectivity index (χ3n) is 3.90. The van der Waals surface area contributed by atoms with Crippen LogP contribution in [0.4, 0.5) is 17.6 Å². The summed E-state index contributed by atoms with van der Waals surface area (Å²) in [7, 11) is -5.72. The summed E-state index contributed by atoms with van der Waals surface area (Å²) < 4.78 is 81.3. The Hall–Kier alpha value is -1.68. The molecule has 0 fully saturated rings. The summed E-state index contributed by atoms with van der Waals surface area (Å²) in [5.74, 6) is -1.65. The molecule has 1 aromatic rings. The molecule has 10 heteroatoms. The lowest BCUT2D eigenvalue weighted by Crippen LogP contribution is -2.40. The molecule has 0 N–H and O–H groups in total. The second kappa shape index (κ2) is 7.28. The van der Waals surface area contributed by atoms with Gasteiger partial charge in [-0.15, -0.1) is 0 Å². The quantitative estimate of drug-likeness (QED) is 0.430. The molecule has 2 rings (SSSR count). The van der Waals surface area contributed by atoms with E-state index in [1.807, 2.05) is 6.92 Å². The Morgan fingerprint density at radius 1 is 1.36 bits per heavy atom. The van der Waals surface area contributed by atoms with Crippen molar-refractivity contribution >= 4 is 16.0 Å². The van der Waals surface area contributed by atoms with Crippen molar-refractivity contribution in [1.29, 1.82) is 0 Å². The Kier molecular flexibility index (Phi) is 5.72. The molecule has 0 saturated heterocycles. The first-order chi connectivity index (χ1) is 11.6. The molecule has 0 bridgehead atoms. The molecular formula is C15H17F4NO4S. The lowest BCUT2D eigenvalue weighted by Gasteiger charge is -2.24. The van der Waals surface area contributed by atoms with Crippen LogP contribution in [-0.4, -0.2) is 30.8 Å². The molecule has 1 unspecified atom stereocenters. The van der Waals surface area contributed by atoms with Crippen molar-refractivity contribution in [2.75, 3.05) is 6.61 Å². The van der Waals surface area contributed by atoms with Gasteiger partial charge >= 0.3 is 21.5 Å². The average molecular weight is 383 g/mol.